The van der Waals surface area contributed by atoms with Crippen molar-refractivity contribution < 1.29 is 13.2 Å². The lowest BCUT2D eigenvalue weighted by atomic mass is 9.94. The molecule has 5 rings (SSSR count). The zero-order valence-electron chi connectivity index (χ0n) is 18.0. The molecule has 32 heavy (non-hydrogen) atoms. The maximum Gasteiger partial charge on any atom is 0.253 e. The number of anilines is 1. The number of H-pyrrole nitrogens is 1. The fraction of sp³-hybridized carbons (Fsp3) is 0.348. The van der Waals surface area contributed by atoms with Gasteiger partial charge in [0, 0.05) is 41.7 Å². The average Bonchev–Trinajstić information content (AvgIpc) is 3.19. The van der Waals surface area contributed by atoms with Gasteiger partial charge in [-0.1, -0.05) is 24.3 Å². The van der Waals surface area contributed by atoms with E-state index in [-0.39, 0.29) is 23.6 Å². The van der Waals surface area contributed by atoms with Crippen LogP contribution in [0.3, 0.4) is 0 Å². The molecule has 1 aromatic carbocycles. The molecule has 2 aromatic heterocycles. The van der Waals surface area contributed by atoms with Gasteiger partial charge < -0.3 is 15.6 Å². The van der Waals surface area contributed by atoms with Crippen LogP contribution in [0, 0.1) is 6.92 Å². The molecule has 9 heteroatoms. The van der Waals surface area contributed by atoms with Crippen LogP contribution in [0.25, 0.3) is 22.3 Å². The van der Waals surface area contributed by atoms with Crippen LogP contribution < -0.4 is 10.6 Å². The number of aryl methyl sites for hydroxylation is 1. The van der Waals surface area contributed by atoms with Gasteiger partial charge in [0.2, 0.25) is 0 Å². The Kier molecular flexibility index (Phi) is 5.00. The number of hydrogen-bond acceptors (Lipinski definition) is 6. The Balaban J connectivity index is 1.68. The lowest BCUT2D eigenvalue weighted by Crippen LogP contribution is -2.34. The summed E-state index contributed by atoms with van der Waals surface area (Å²) in [6.07, 6.45) is 6.45. The van der Waals surface area contributed by atoms with E-state index in [0.29, 0.717) is 24.3 Å². The predicted molar refractivity (Wildman–Crippen MR) is 125 cm³/mol. The van der Waals surface area contributed by atoms with Crippen LogP contribution in [0.1, 0.15) is 40.5 Å². The number of nitrogens with zero attached hydrogens (tertiary/aromatic N) is 2. The number of sulfone groups is 1. The van der Waals surface area contributed by atoms with E-state index in [1.807, 2.05) is 37.3 Å². The number of carbonyl (C=O) groups is 1. The van der Waals surface area contributed by atoms with Crippen molar-refractivity contribution in [3.05, 3.63) is 53.4 Å². The van der Waals surface area contributed by atoms with Gasteiger partial charge in [-0.2, -0.15) is 0 Å². The van der Waals surface area contributed by atoms with E-state index in [0.717, 1.165) is 40.1 Å². The molecule has 166 valence electrons. The Morgan fingerprint density at radius 1 is 1.19 bits per heavy atom. The van der Waals surface area contributed by atoms with Gasteiger partial charge in [0.15, 0.2) is 0 Å². The van der Waals surface area contributed by atoms with E-state index in [1.165, 1.54) is 6.26 Å². The van der Waals surface area contributed by atoms with Gasteiger partial charge in [-0.15, -0.1) is 0 Å². The maximum atomic E-state index is 12.5. The average molecular weight is 452 g/mol. The van der Waals surface area contributed by atoms with E-state index in [2.05, 4.69) is 21.7 Å². The van der Waals surface area contributed by atoms with Crippen LogP contribution in [-0.4, -0.2) is 53.9 Å². The zero-order chi connectivity index (χ0) is 22.5. The summed E-state index contributed by atoms with van der Waals surface area (Å²) in [7, 11) is -3.10. The predicted octanol–water partition coefficient (Wildman–Crippen LogP) is 2.94. The van der Waals surface area contributed by atoms with E-state index in [4.69, 9.17) is 9.97 Å². The van der Waals surface area contributed by atoms with Crippen molar-refractivity contribution in [2.24, 2.45) is 0 Å². The van der Waals surface area contributed by atoms with E-state index in [9.17, 15) is 13.2 Å². The highest BCUT2D eigenvalue weighted by molar-refractivity contribution is 7.90. The molecule has 4 bridgehead atoms. The second kappa shape index (κ2) is 7.74. The number of amides is 1. The first-order valence-electron chi connectivity index (χ1n) is 10.7. The fourth-order valence-corrected chi connectivity index (χ4v) is 5.08. The molecular weight excluding hydrogens is 426 g/mol. The first kappa shape index (κ1) is 20.7. The van der Waals surface area contributed by atoms with Gasteiger partial charge >= 0.3 is 0 Å². The highest BCUT2D eigenvalue weighted by Gasteiger charge is 2.28. The number of aromatic amines is 1. The molecule has 2 aliphatic heterocycles. The number of nitrogens with one attached hydrogen (secondary N) is 3. The van der Waals surface area contributed by atoms with Crippen LogP contribution >= 0.6 is 0 Å². The first-order chi connectivity index (χ1) is 15.3. The quantitative estimate of drug-likeness (QED) is 0.527. The number of benzene rings is 1. The van der Waals surface area contributed by atoms with Crippen molar-refractivity contribution in [3.63, 3.8) is 0 Å². The largest absolute Gasteiger partial charge is 0.362 e. The second-order valence-corrected chi connectivity index (χ2v) is 10.8. The summed E-state index contributed by atoms with van der Waals surface area (Å²) >= 11 is 0. The molecule has 3 aromatic rings. The summed E-state index contributed by atoms with van der Waals surface area (Å²) in [6.45, 7) is 2.44. The molecule has 2 aliphatic rings. The molecule has 0 saturated carbocycles. The molecule has 8 nitrogen and oxygen atoms in total. The molecule has 3 N–H and O–H groups in total. The summed E-state index contributed by atoms with van der Waals surface area (Å²) < 4.78 is 23.6. The Morgan fingerprint density at radius 2 is 2.03 bits per heavy atom. The molecule has 2 atom stereocenters. The highest BCUT2D eigenvalue weighted by atomic mass is 32.2. The van der Waals surface area contributed by atoms with Crippen molar-refractivity contribution in [2.75, 3.05) is 23.9 Å². The van der Waals surface area contributed by atoms with Gasteiger partial charge in [0.05, 0.1) is 22.5 Å². The van der Waals surface area contributed by atoms with E-state index >= 15 is 0 Å². The number of rotatable bonds is 3. The summed E-state index contributed by atoms with van der Waals surface area (Å²) in [5.74, 6) is 0.731. The number of para-hydroxylation sites is 1. The molecule has 0 fully saturated rings. The van der Waals surface area contributed by atoms with Gasteiger partial charge in [0.1, 0.15) is 21.2 Å². The first-order valence-corrected chi connectivity index (χ1v) is 12.7. The summed E-state index contributed by atoms with van der Waals surface area (Å²) in [5, 5.41) is 6.38. The summed E-state index contributed by atoms with van der Waals surface area (Å²) in [5.41, 5.74) is 5.52. The summed E-state index contributed by atoms with van der Waals surface area (Å²) in [4.78, 5) is 25.6. The number of carbonyl (C=O) groups excluding carboxylic acids is 1. The van der Waals surface area contributed by atoms with E-state index < -0.39 is 9.84 Å². The van der Waals surface area contributed by atoms with Crippen LogP contribution in [0.15, 0.2) is 36.4 Å². The Hall–Kier alpha value is -3.20. The van der Waals surface area contributed by atoms with Crippen LogP contribution in [0.2, 0.25) is 0 Å². The highest BCUT2D eigenvalue weighted by Crippen LogP contribution is 2.34. The zero-order valence-corrected chi connectivity index (χ0v) is 18.8. The minimum absolute atomic E-state index is 0.0730. The Labute approximate surface area is 186 Å². The van der Waals surface area contributed by atoms with Gasteiger partial charge in [-0.05, 0) is 31.9 Å². The van der Waals surface area contributed by atoms with Crippen LogP contribution in [0.4, 0.5) is 5.82 Å². The lowest BCUT2D eigenvalue weighted by Gasteiger charge is -2.22. The third kappa shape index (κ3) is 3.88. The van der Waals surface area contributed by atoms with Crippen LogP contribution in [0.5, 0.6) is 0 Å². The van der Waals surface area contributed by atoms with Crippen molar-refractivity contribution in [1.29, 1.82) is 0 Å². The maximum absolute atomic E-state index is 12.5. The smallest absolute Gasteiger partial charge is 0.253 e. The number of aromatic nitrogens is 3. The molecule has 0 aliphatic carbocycles. The Bertz CT molecular complexity index is 1360. The minimum atomic E-state index is -3.10. The normalized spacial score (nSPS) is 21.2. The van der Waals surface area contributed by atoms with Crippen LogP contribution in [-0.2, 0) is 9.84 Å². The molecule has 0 unspecified atom stereocenters. The molecular formula is C23H25N5O3S. The van der Waals surface area contributed by atoms with Crippen molar-refractivity contribution >= 4 is 32.6 Å². The van der Waals surface area contributed by atoms with Gasteiger partial charge in [-0.3, -0.25) is 4.79 Å². The topological polar surface area (TPSA) is 117 Å². The van der Waals surface area contributed by atoms with Crippen molar-refractivity contribution in [3.8, 4) is 11.3 Å². The molecule has 0 spiro atoms. The Morgan fingerprint density at radius 3 is 2.84 bits per heavy atom. The molecule has 0 saturated heterocycles. The van der Waals surface area contributed by atoms with Crippen molar-refractivity contribution in [2.45, 2.75) is 31.7 Å². The number of fused-ring (bicyclic) bond motifs is 3. The van der Waals surface area contributed by atoms with Gasteiger partial charge in [-0.25, -0.2) is 18.4 Å². The minimum Gasteiger partial charge on any atom is -0.362 e. The number of hydrogen-bond donors (Lipinski definition) is 3. The van der Waals surface area contributed by atoms with Crippen molar-refractivity contribution in [1.82, 2.24) is 20.3 Å². The third-order valence-corrected chi connectivity index (χ3v) is 7.06. The molecule has 4 heterocycles. The second-order valence-electron chi connectivity index (χ2n) is 8.58. The number of allylic oxidation sites excluding steroid dienone is 1. The SMILES string of the molecule is Cc1nc2cccc3c2nc1N[C@H](CCS(C)(=O)=O)/C=C/C[C@H]1CNC(=O)c2cc-3[nH]c21. The fourth-order valence-electron chi connectivity index (χ4n) is 4.40. The van der Waals surface area contributed by atoms with E-state index in [1.54, 1.807) is 0 Å². The standard InChI is InChI=1S/C23H25N5O3S/c1-13-22-26-15(9-10-32(2,30)31)6-3-5-14-12-24-23(29)17-11-19(27-20(14)17)16-7-4-8-18(25-13)21(16)28-22/h3-4,6-8,11,14-15,27H,5,9-10,12H2,1-2H3,(H,24,29)(H,26,28)/b6-3+/t14-,15-/m0/s1. The van der Waals surface area contributed by atoms with Gasteiger partial charge in [0.25, 0.3) is 5.91 Å². The monoisotopic (exact) mass is 451 g/mol. The lowest BCUT2D eigenvalue weighted by molar-refractivity contribution is 0.0940. The molecule has 0 radical (unpaired) electrons. The summed E-state index contributed by atoms with van der Waals surface area (Å²) in [6, 6.07) is 7.51. The third-order valence-electron chi connectivity index (χ3n) is 6.08. The molecule has 1 amide bonds.